The minimum absolute atomic E-state index is 0.00591. The number of carboxylic acid groups (broad SMARTS) is 1. The summed E-state index contributed by atoms with van der Waals surface area (Å²) in [5.41, 5.74) is 1.21. The van der Waals surface area contributed by atoms with Gasteiger partial charge in [0.25, 0.3) is 0 Å². The van der Waals surface area contributed by atoms with E-state index in [2.05, 4.69) is 11.4 Å². The van der Waals surface area contributed by atoms with Crippen LogP contribution in [0.5, 0.6) is 0 Å². The van der Waals surface area contributed by atoms with E-state index in [9.17, 15) is 9.59 Å². The molecule has 20 heavy (non-hydrogen) atoms. The molecule has 1 aromatic heterocycles. The fourth-order valence-electron chi connectivity index (χ4n) is 3.31. The van der Waals surface area contributed by atoms with Gasteiger partial charge in [-0.25, -0.2) is 0 Å². The molecule has 1 fully saturated rings. The second-order valence-corrected chi connectivity index (χ2v) is 6.68. The smallest absolute Gasteiger partial charge is 0.306 e. The highest BCUT2D eigenvalue weighted by Crippen LogP contribution is 2.36. The SMILES string of the molecule is O=C(O)C1CCN(C(=O)C2CCCc3sccc32)CC1. The number of piperidine rings is 1. The second kappa shape index (κ2) is 5.56. The molecule has 1 saturated heterocycles. The number of likely N-dealkylation sites (tertiary alicyclic amines) is 1. The molecule has 0 spiro atoms. The average molecular weight is 293 g/mol. The minimum atomic E-state index is -0.727. The van der Waals surface area contributed by atoms with Gasteiger partial charge in [0.15, 0.2) is 0 Å². The van der Waals surface area contributed by atoms with Crippen molar-refractivity contribution in [3.8, 4) is 0 Å². The zero-order valence-corrected chi connectivity index (χ0v) is 12.2. The van der Waals surface area contributed by atoms with Crippen LogP contribution in [0.4, 0.5) is 0 Å². The summed E-state index contributed by atoms with van der Waals surface area (Å²) in [6.45, 7) is 1.18. The molecular weight excluding hydrogens is 274 g/mol. The molecule has 1 aliphatic carbocycles. The lowest BCUT2D eigenvalue weighted by Crippen LogP contribution is -2.43. The Balaban J connectivity index is 1.68. The quantitative estimate of drug-likeness (QED) is 0.911. The van der Waals surface area contributed by atoms with Gasteiger partial charge >= 0.3 is 5.97 Å². The number of aryl methyl sites for hydroxylation is 1. The fourth-order valence-corrected chi connectivity index (χ4v) is 4.30. The van der Waals surface area contributed by atoms with E-state index in [-0.39, 0.29) is 17.7 Å². The van der Waals surface area contributed by atoms with Gasteiger partial charge < -0.3 is 10.0 Å². The van der Waals surface area contributed by atoms with Crippen molar-refractivity contribution < 1.29 is 14.7 Å². The Morgan fingerprint density at radius 2 is 2.00 bits per heavy atom. The maximum atomic E-state index is 12.7. The van der Waals surface area contributed by atoms with Crippen LogP contribution in [-0.4, -0.2) is 35.0 Å². The van der Waals surface area contributed by atoms with Crippen molar-refractivity contribution in [3.05, 3.63) is 21.9 Å². The Morgan fingerprint density at radius 3 is 2.70 bits per heavy atom. The van der Waals surface area contributed by atoms with E-state index in [1.165, 1.54) is 10.4 Å². The number of fused-ring (bicyclic) bond motifs is 1. The number of carboxylic acids is 1. The Hall–Kier alpha value is -1.36. The van der Waals surface area contributed by atoms with Gasteiger partial charge in [-0.2, -0.15) is 0 Å². The Morgan fingerprint density at radius 1 is 1.25 bits per heavy atom. The maximum absolute atomic E-state index is 12.7. The molecule has 0 radical (unpaired) electrons. The zero-order valence-electron chi connectivity index (χ0n) is 11.4. The summed E-state index contributed by atoms with van der Waals surface area (Å²) in [6.07, 6.45) is 4.28. The van der Waals surface area contributed by atoms with Crippen LogP contribution in [-0.2, 0) is 16.0 Å². The van der Waals surface area contributed by atoms with Gasteiger partial charge in [0.1, 0.15) is 0 Å². The topological polar surface area (TPSA) is 57.6 Å². The normalized spacial score (nSPS) is 23.4. The lowest BCUT2D eigenvalue weighted by Gasteiger charge is -2.34. The summed E-state index contributed by atoms with van der Waals surface area (Å²) in [5.74, 6) is -0.795. The number of carbonyl (C=O) groups is 2. The molecule has 1 amide bonds. The summed E-state index contributed by atoms with van der Waals surface area (Å²) in [6, 6.07) is 2.09. The molecular formula is C15H19NO3S. The van der Waals surface area contributed by atoms with Gasteiger partial charge in [-0.3, -0.25) is 9.59 Å². The highest BCUT2D eigenvalue weighted by molar-refractivity contribution is 7.10. The zero-order chi connectivity index (χ0) is 14.1. The molecule has 5 heteroatoms. The van der Waals surface area contributed by atoms with Crippen molar-refractivity contribution >= 4 is 23.2 Å². The second-order valence-electron chi connectivity index (χ2n) is 5.68. The standard InChI is InChI=1S/C15H19NO3S/c17-14(16-7-4-10(5-8-16)15(18)19)12-2-1-3-13-11(12)6-9-20-13/h6,9-10,12H,1-5,7-8H2,(H,18,19). The van der Waals surface area contributed by atoms with Crippen LogP contribution >= 0.6 is 11.3 Å². The van der Waals surface area contributed by atoms with Gasteiger partial charge in [-0.1, -0.05) is 0 Å². The van der Waals surface area contributed by atoms with Gasteiger partial charge in [-0.15, -0.1) is 11.3 Å². The number of hydrogen-bond donors (Lipinski definition) is 1. The summed E-state index contributed by atoms with van der Waals surface area (Å²) in [4.78, 5) is 26.9. The van der Waals surface area contributed by atoms with E-state index in [1.807, 2.05) is 4.90 Å². The predicted molar refractivity (Wildman–Crippen MR) is 76.9 cm³/mol. The first-order valence-electron chi connectivity index (χ1n) is 7.24. The highest BCUT2D eigenvalue weighted by Gasteiger charge is 2.33. The number of aliphatic carboxylic acids is 1. The Kier molecular flexibility index (Phi) is 3.78. The van der Waals surface area contributed by atoms with Crippen LogP contribution in [0.2, 0.25) is 0 Å². The number of carbonyl (C=O) groups excluding carboxylic acids is 1. The molecule has 1 aliphatic heterocycles. The Bertz CT molecular complexity index is 517. The first-order chi connectivity index (χ1) is 9.66. The maximum Gasteiger partial charge on any atom is 0.306 e. The third-order valence-electron chi connectivity index (χ3n) is 4.51. The molecule has 0 bridgehead atoms. The van der Waals surface area contributed by atoms with Gasteiger partial charge in [-0.05, 0) is 49.1 Å². The monoisotopic (exact) mass is 293 g/mol. The number of rotatable bonds is 2. The van der Waals surface area contributed by atoms with Crippen molar-refractivity contribution in [1.29, 1.82) is 0 Å². The molecule has 0 saturated carbocycles. The van der Waals surface area contributed by atoms with Crippen molar-refractivity contribution in [3.63, 3.8) is 0 Å². The third-order valence-corrected chi connectivity index (χ3v) is 5.50. The molecule has 1 N–H and O–H groups in total. The molecule has 1 atom stereocenters. The first kappa shape index (κ1) is 13.6. The van der Waals surface area contributed by atoms with Crippen LogP contribution in [0.1, 0.15) is 42.0 Å². The highest BCUT2D eigenvalue weighted by atomic mass is 32.1. The average Bonchev–Trinajstić information content (AvgIpc) is 2.95. The van der Waals surface area contributed by atoms with Crippen LogP contribution in [0.3, 0.4) is 0 Å². The van der Waals surface area contributed by atoms with E-state index in [4.69, 9.17) is 5.11 Å². The van der Waals surface area contributed by atoms with Crippen molar-refractivity contribution in [1.82, 2.24) is 4.90 Å². The summed E-state index contributed by atoms with van der Waals surface area (Å²) in [5, 5.41) is 11.1. The number of amides is 1. The summed E-state index contributed by atoms with van der Waals surface area (Å²) in [7, 11) is 0. The molecule has 2 heterocycles. The molecule has 4 nitrogen and oxygen atoms in total. The fraction of sp³-hybridized carbons (Fsp3) is 0.600. The summed E-state index contributed by atoms with van der Waals surface area (Å²) >= 11 is 1.75. The van der Waals surface area contributed by atoms with E-state index >= 15 is 0 Å². The number of thiophene rings is 1. The van der Waals surface area contributed by atoms with Gasteiger partial charge in [0.05, 0.1) is 11.8 Å². The molecule has 0 aromatic carbocycles. The molecule has 108 valence electrons. The molecule has 1 unspecified atom stereocenters. The van der Waals surface area contributed by atoms with Crippen LogP contribution < -0.4 is 0 Å². The first-order valence-corrected chi connectivity index (χ1v) is 8.12. The largest absolute Gasteiger partial charge is 0.481 e. The predicted octanol–water partition coefficient (Wildman–Crippen LogP) is 2.49. The van der Waals surface area contributed by atoms with Gasteiger partial charge in [0, 0.05) is 18.0 Å². The minimum Gasteiger partial charge on any atom is -0.481 e. The van der Waals surface area contributed by atoms with E-state index in [1.54, 1.807) is 11.3 Å². The molecule has 1 aromatic rings. The van der Waals surface area contributed by atoms with Crippen molar-refractivity contribution in [2.75, 3.05) is 13.1 Å². The Labute approximate surface area is 122 Å². The third kappa shape index (κ3) is 2.46. The van der Waals surface area contributed by atoms with Crippen molar-refractivity contribution in [2.24, 2.45) is 5.92 Å². The lowest BCUT2D eigenvalue weighted by atomic mass is 9.86. The number of hydrogen-bond acceptors (Lipinski definition) is 3. The van der Waals surface area contributed by atoms with Crippen LogP contribution in [0.15, 0.2) is 11.4 Å². The van der Waals surface area contributed by atoms with Crippen molar-refractivity contribution in [2.45, 2.75) is 38.0 Å². The van der Waals surface area contributed by atoms with Crippen LogP contribution in [0.25, 0.3) is 0 Å². The lowest BCUT2D eigenvalue weighted by molar-refractivity contribution is -0.146. The van der Waals surface area contributed by atoms with E-state index in [0.717, 1.165) is 19.3 Å². The summed E-state index contributed by atoms with van der Waals surface area (Å²) < 4.78 is 0. The number of nitrogens with zero attached hydrogens (tertiary/aromatic N) is 1. The van der Waals surface area contributed by atoms with Gasteiger partial charge in [0.2, 0.25) is 5.91 Å². The molecule has 3 rings (SSSR count). The molecule has 2 aliphatic rings. The van der Waals surface area contributed by atoms with Crippen LogP contribution in [0, 0.1) is 5.92 Å². The van der Waals surface area contributed by atoms with E-state index < -0.39 is 5.97 Å². The van der Waals surface area contributed by atoms with E-state index in [0.29, 0.717) is 25.9 Å².